The molecule has 0 aliphatic carbocycles. The van der Waals surface area contributed by atoms with E-state index in [0.717, 1.165) is 0 Å². The Morgan fingerprint density at radius 2 is 2.00 bits per heavy atom. The second kappa shape index (κ2) is 6.86. The Bertz CT molecular complexity index is 155. The minimum absolute atomic E-state index is 0. The molecule has 0 unspecified atom stereocenters. The van der Waals surface area contributed by atoms with E-state index in [1.807, 2.05) is 0 Å². The van der Waals surface area contributed by atoms with Gasteiger partial charge in [-0.05, 0) is 12.8 Å². The molecule has 0 amide bonds. The van der Waals surface area contributed by atoms with Gasteiger partial charge in [-0.3, -0.25) is 0 Å². The fraction of sp³-hybridized carbons (Fsp3) is 0.571. The first-order valence-corrected chi connectivity index (χ1v) is 3.29. The SMILES string of the molecule is C=CCCCC(O)(O)C(=O)O.[CaH2]. The Morgan fingerprint density at radius 3 is 2.33 bits per heavy atom. The number of carboxylic acid groups (broad SMARTS) is 1. The number of aliphatic carboxylic acids is 1. The molecule has 0 radical (unpaired) electrons. The third kappa shape index (κ3) is 5.97. The fourth-order valence-corrected chi connectivity index (χ4v) is 0.600. The molecule has 0 rings (SSSR count). The van der Waals surface area contributed by atoms with Crippen molar-refractivity contribution in [2.24, 2.45) is 0 Å². The van der Waals surface area contributed by atoms with Crippen LogP contribution < -0.4 is 0 Å². The van der Waals surface area contributed by atoms with E-state index in [4.69, 9.17) is 15.3 Å². The fourth-order valence-electron chi connectivity index (χ4n) is 0.600. The average Bonchev–Trinajstić information content (AvgIpc) is 1.88. The first-order valence-electron chi connectivity index (χ1n) is 3.29. The summed E-state index contributed by atoms with van der Waals surface area (Å²) in [7, 11) is 0. The van der Waals surface area contributed by atoms with Crippen LogP contribution in [0.25, 0.3) is 0 Å². The van der Waals surface area contributed by atoms with Crippen molar-refractivity contribution >= 4 is 43.7 Å². The molecule has 0 aliphatic rings. The Hall–Kier alpha value is 0.390. The number of aliphatic hydroxyl groups is 2. The van der Waals surface area contributed by atoms with Gasteiger partial charge in [-0.15, -0.1) is 6.58 Å². The van der Waals surface area contributed by atoms with Crippen molar-refractivity contribution in [3.8, 4) is 0 Å². The van der Waals surface area contributed by atoms with Crippen molar-refractivity contribution in [2.75, 3.05) is 0 Å². The normalized spacial score (nSPS) is 10.2. The van der Waals surface area contributed by atoms with Crippen LogP contribution in [0.2, 0.25) is 0 Å². The molecule has 68 valence electrons. The molecule has 0 aromatic heterocycles. The molecular formula is C7H14CaO4. The van der Waals surface area contributed by atoms with Crippen LogP contribution in [-0.4, -0.2) is 64.8 Å². The number of carbonyl (C=O) groups is 1. The summed E-state index contributed by atoms with van der Waals surface area (Å²) in [6.07, 6.45) is 2.41. The topological polar surface area (TPSA) is 77.8 Å². The van der Waals surface area contributed by atoms with Crippen LogP contribution in [0, 0.1) is 0 Å². The van der Waals surface area contributed by atoms with Crippen molar-refractivity contribution in [1.29, 1.82) is 0 Å². The van der Waals surface area contributed by atoms with E-state index in [9.17, 15) is 4.79 Å². The van der Waals surface area contributed by atoms with Gasteiger partial charge in [-0.1, -0.05) is 6.08 Å². The number of carboxylic acids is 1. The van der Waals surface area contributed by atoms with Crippen molar-refractivity contribution in [3.05, 3.63) is 12.7 Å². The summed E-state index contributed by atoms with van der Waals surface area (Å²) in [5.74, 6) is -4.19. The second-order valence-electron chi connectivity index (χ2n) is 2.30. The molecule has 0 heterocycles. The van der Waals surface area contributed by atoms with Gasteiger partial charge in [-0.2, -0.15) is 0 Å². The van der Waals surface area contributed by atoms with E-state index in [1.54, 1.807) is 6.08 Å². The summed E-state index contributed by atoms with van der Waals surface area (Å²) in [6, 6.07) is 0. The summed E-state index contributed by atoms with van der Waals surface area (Å²) < 4.78 is 0. The molecular weight excluding hydrogens is 188 g/mol. The first kappa shape index (κ1) is 14.9. The summed E-state index contributed by atoms with van der Waals surface area (Å²) in [5.41, 5.74) is 0. The Morgan fingerprint density at radius 1 is 1.50 bits per heavy atom. The van der Waals surface area contributed by atoms with E-state index in [-0.39, 0.29) is 44.2 Å². The molecule has 12 heavy (non-hydrogen) atoms. The van der Waals surface area contributed by atoms with Crippen LogP contribution in [-0.2, 0) is 4.79 Å². The standard InChI is InChI=1S/C7H12O4.Ca.2H/c1-2-3-4-5-7(10,11)6(8)9;;;/h2,10-11H,1,3-5H2,(H,8,9);;;. The van der Waals surface area contributed by atoms with Crippen LogP contribution in [0.1, 0.15) is 19.3 Å². The van der Waals surface area contributed by atoms with Crippen LogP contribution in [0.3, 0.4) is 0 Å². The molecule has 0 saturated carbocycles. The van der Waals surface area contributed by atoms with Crippen LogP contribution in [0.4, 0.5) is 0 Å². The molecule has 0 aromatic carbocycles. The monoisotopic (exact) mass is 202 g/mol. The van der Waals surface area contributed by atoms with Crippen LogP contribution >= 0.6 is 0 Å². The molecule has 0 bridgehead atoms. The maximum absolute atomic E-state index is 10.1. The third-order valence-corrected chi connectivity index (χ3v) is 1.28. The molecule has 0 saturated heterocycles. The Balaban J connectivity index is 0. The van der Waals surface area contributed by atoms with Crippen molar-refractivity contribution in [3.63, 3.8) is 0 Å². The predicted molar refractivity (Wildman–Crippen MR) is 47.4 cm³/mol. The maximum atomic E-state index is 10.1. The summed E-state index contributed by atoms with van der Waals surface area (Å²) in [5, 5.41) is 25.7. The molecule has 3 N–H and O–H groups in total. The number of hydrogen-bond acceptors (Lipinski definition) is 3. The van der Waals surface area contributed by atoms with Gasteiger partial charge in [0.05, 0.1) is 0 Å². The third-order valence-electron chi connectivity index (χ3n) is 1.28. The van der Waals surface area contributed by atoms with Gasteiger partial charge in [0.15, 0.2) is 0 Å². The van der Waals surface area contributed by atoms with Gasteiger partial charge in [0.2, 0.25) is 0 Å². The summed E-state index contributed by atoms with van der Waals surface area (Å²) in [6.45, 7) is 3.41. The zero-order valence-corrected chi connectivity index (χ0v) is 6.16. The second-order valence-corrected chi connectivity index (χ2v) is 2.30. The molecule has 0 aromatic rings. The molecule has 5 heteroatoms. The van der Waals surface area contributed by atoms with Gasteiger partial charge in [0, 0.05) is 6.42 Å². The zero-order valence-electron chi connectivity index (χ0n) is 6.16. The molecule has 0 aliphatic heterocycles. The van der Waals surface area contributed by atoms with Crippen molar-refractivity contribution in [1.82, 2.24) is 0 Å². The van der Waals surface area contributed by atoms with Crippen LogP contribution in [0.5, 0.6) is 0 Å². The van der Waals surface area contributed by atoms with Gasteiger partial charge >= 0.3 is 43.7 Å². The molecule has 4 nitrogen and oxygen atoms in total. The zero-order chi connectivity index (χ0) is 8.91. The molecule has 0 spiro atoms. The van der Waals surface area contributed by atoms with Crippen LogP contribution in [0.15, 0.2) is 12.7 Å². The molecule has 0 atom stereocenters. The first-order chi connectivity index (χ1) is 5.00. The van der Waals surface area contributed by atoms with E-state index < -0.39 is 11.8 Å². The number of allylic oxidation sites excluding steroid dienone is 1. The van der Waals surface area contributed by atoms with Crippen molar-refractivity contribution in [2.45, 2.75) is 25.0 Å². The van der Waals surface area contributed by atoms with Gasteiger partial charge in [0.1, 0.15) is 0 Å². The van der Waals surface area contributed by atoms with E-state index in [2.05, 4.69) is 6.58 Å². The van der Waals surface area contributed by atoms with Gasteiger partial charge in [0.25, 0.3) is 5.79 Å². The molecule has 0 fully saturated rings. The van der Waals surface area contributed by atoms with Crippen molar-refractivity contribution < 1.29 is 20.1 Å². The number of rotatable bonds is 5. The summed E-state index contributed by atoms with van der Waals surface area (Å²) in [4.78, 5) is 10.1. The van der Waals surface area contributed by atoms with E-state index in [0.29, 0.717) is 12.8 Å². The predicted octanol–water partition coefficient (Wildman–Crippen LogP) is -0.808. The van der Waals surface area contributed by atoms with Gasteiger partial charge in [-0.25, -0.2) is 4.79 Å². The Kier molecular flexibility index (Phi) is 8.51. The Labute approximate surface area is 101 Å². The number of hydrogen-bond donors (Lipinski definition) is 3. The number of unbranched alkanes of at least 4 members (excludes halogenated alkanes) is 1. The minimum atomic E-state index is -2.58. The summed E-state index contributed by atoms with van der Waals surface area (Å²) >= 11 is 0. The van der Waals surface area contributed by atoms with E-state index in [1.165, 1.54) is 0 Å². The quantitative estimate of drug-likeness (QED) is 0.236. The van der Waals surface area contributed by atoms with Gasteiger partial charge < -0.3 is 15.3 Å². The average molecular weight is 202 g/mol. The van der Waals surface area contributed by atoms with E-state index >= 15 is 0 Å².